The number of piperidine rings is 1. The number of benzene rings is 1. The standard InChI is InChI=1S/C44H60F13NO8/c1-9-13-21-64-34(60)30(23-27(5)29-17-15-14-16-18-29)24-31(35(61)63-20-10-2)25-33(66-58-37(7,11-3)26-32(59)28(6)38(58,8)12-4)36(62)65-22-19-39(45,46)40(47,48)41(49,50)42(51,52)43(53,54)44(55,56)57/h14-18,27-28,30-31,33H,9-13,19-26H2,1-8H3. The van der Waals surface area contributed by atoms with Crippen LogP contribution in [-0.2, 0) is 38.2 Å². The van der Waals surface area contributed by atoms with Crippen LogP contribution in [0.15, 0.2) is 30.3 Å². The molecule has 0 bridgehead atoms. The molecule has 2 rings (SSSR count). The third kappa shape index (κ3) is 12.5. The van der Waals surface area contributed by atoms with Crippen LogP contribution in [0.1, 0.15) is 131 Å². The molecule has 0 aromatic heterocycles. The maximum absolute atomic E-state index is 14.8. The summed E-state index contributed by atoms with van der Waals surface area (Å²) in [5, 5.41) is 1.28. The number of ether oxygens (including phenoxy) is 3. The molecular formula is C44H60F13NO8. The zero-order valence-corrected chi connectivity index (χ0v) is 38.1. The lowest BCUT2D eigenvalue weighted by Gasteiger charge is -2.56. The summed E-state index contributed by atoms with van der Waals surface area (Å²) in [5.41, 5.74) is -1.72. The Labute approximate surface area is 375 Å². The lowest BCUT2D eigenvalue weighted by Crippen LogP contribution is -2.70. The molecule has 0 aliphatic carbocycles. The Morgan fingerprint density at radius 2 is 1.20 bits per heavy atom. The Hall–Kier alpha value is -3.69. The van der Waals surface area contributed by atoms with Gasteiger partial charge in [-0.2, -0.15) is 62.1 Å². The summed E-state index contributed by atoms with van der Waals surface area (Å²) >= 11 is 0. The summed E-state index contributed by atoms with van der Waals surface area (Å²) in [4.78, 5) is 61.2. The molecule has 0 amide bonds. The molecule has 7 unspecified atom stereocenters. The highest BCUT2D eigenvalue weighted by atomic mass is 19.4. The second kappa shape index (κ2) is 22.6. The number of carbonyl (C=O) groups is 4. The highest BCUT2D eigenvalue weighted by Crippen LogP contribution is 2.60. The van der Waals surface area contributed by atoms with Crippen molar-refractivity contribution in [2.45, 2.75) is 178 Å². The third-order valence-corrected chi connectivity index (χ3v) is 12.5. The van der Waals surface area contributed by atoms with E-state index < -0.39 is 115 Å². The molecular weight excluding hydrogens is 917 g/mol. The number of unbranched alkanes of at least 4 members (excludes halogenated alkanes) is 1. The zero-order valence-electron chi connectivity index (χ0n) is 38.1. The van der Waals surface area contributed by atoms with Crippen LogP contribution in [0.3, 0.4) is 0 Å². The van der Waals surface area contributed by atoms with E-state index in [0.717, 1.165) is 5.56 Å². The molecule has 380 valence electrons. The maximum Gasteiger partial charge on any atom is 0.460 e. The molecule has 7 atom stereocenters. The van der Waals surface area contributed by atoms with Gasteiger partial charge in [-0.3, -0.25) is 19.2 Å². The number of hydroxylamine groups is 2. The number of halogens is 13. The minimum absolute atomic E-state index is 0.00361. The van der Waals surface area contributed by atoms with Crippen LogP contribution in [0.4, 0.5) is 57.1 Å². The van der Waals surface area contributed by atoms with E-state index in [9.17, 15) is 76.3 Å². The first-order valence-electron chi connectivity index (χ1n) is 21.7. The van der Waals surface area contributed by atoms with E-state index in [1.165, 1.54) is 5.06 Å². The number of carbonyl (C=O) groups excluding carboxylic acids is 4. The normalized spacial score (nSPS) is 22.3. The SMILES string of the molecule is CCCCOC(=O)C(CC(CC(ON1C(C)(CC)CC(=O)C(C)C1(C)CC)C(=O)OCCC(F)(F)C(F)(F)C(F)(F)C(F)(F)C(F)(F)C(F)(F)F)C(=O)OCCC)CC(C)c1ccccc1. The molecule has 1 aromatic rings. The maximum atomic E-state index is 14.8. The van der Waals surface area contributed by atoms with Crippen molar-refractivity contribution in [1.82, 2.24) is 5.06 Å². The molecule has 0 saturated carbocycles. The predicted octanol–water partition coefficient (Wildman–Crippen LogP) is 11.7. The van der Waals surface area contributed by atoms with Gasteiger partial charge in [0.2, 0.25) is 0 Å². The lowest BCUT2D eigenvalue weighted by atomic mass is 9.70. The molecule has 0 spiro atoms. The topological polar surface area (TPSA) is 108 Å². The van der Waals surface area contributed by atoms with E-state index in [1.54, 1.807) is 78.8 Å². The minimum atomic E-state index is -8.12. The van der Waals surface area contributed by atoms with Crippen molar-refractivity contribution >= 4 is 23.7 Å². The number of ketones is 1. The van der Waals surface area contributed by atoms with E-state index in [4.69, 9.17) is 19.0 Å². The number of esters is 3. The van der Waals surface area contributed by atoms with Gasteiger partial charge in [0, 0.05) is 12.3 Å². The molecule has 9 nitrogen and oxygen atoms in total. The van der Waals surface area contributed by atoms with Crippen LogP contribution in [-0.4, -0.2) is 102 Å². The Bertz CT molecular complexity index is 1770. The third-order valence-electron chi connectivity index (χ3n) is 12.5. The summed E-state index contributed by atoms with van der Waals surface area (Å²) in [6.07, 6.45) is -12.2. The van der Waals surface area contributed by atoms with Crippen LogP contribution in [0.2, 0.25) is 0 Å². The highest BCUT2D eigenvalue weighted by Gasteiger charge is 2.90. The summed E-state index contributed by atoms with van der Waals surface area (Å²) in [6.45, 7) is 11.1. The van der Waals surface area contributed by atoms with Crippen molar-refractivity contribution in [2.24, 2.45) is 17.8 Å². The second-order valence-corrected chi connectivity index (χ2v) is 17.3. The molecule has 1 heterocycles. The zero-order chi connectivity index (χ0) is 50.9. The van der Waals surface area contributed by atoms with Gasteiger partial charge in [-0.25, -0.2) is 4.79 Å². The van der Waals surface area contributed by atoms with Gasteiger partial charge in [-0.15, -0.1) is 0 Å². The van der Waals surface area contributed by atoms with E-state index in [2.05, 4.69) is 0 Å². The Balaban J connectivity index is 2.70. The predicted molar refractivity (Wildman–Crippen MR) is 212 cm³/mol. The average molecular weight is 978 g/mol. The van der Waals surface area contributed by atoms with Gasteiger partial charge < -0.3 is 14.2 Å². The van der Waals surface area contributed by atoms with Gasteiger partial charge >= 0.3 is 53.7 Å². The monoisotopic (exact) mass is 977 g/mol. The van der Waals surface area contributed by atoms with E-state index in [-0.39, 0.29) is 57.0 Å². The van der Waals surface area contributed by atoms with Crippen LogP contribution >= 0.6 is 0 Å². The Morgan fingerprint density at radius 1 is 0.682 bits per heavy atom. The molecule has 1 aliphatic heterocycles. The molecule has 1 aromatic carbocycles. The number of nitrogens with zero attached hydrogens (tertiary/aromatic N) is 1. The van der Waals surface area contributed by atoms with Crippen molar-refractivity contribution in [3.63, 3.8) is 0 Å². The molecule has 1 fully saturated rings. The quantitative estimate of drug-likeness (QED) is 0.0388. The molecule has 0 radical (unpaired) electrons. The fourth-order valence-electron chi connectivity index (χ4n) is 7.63. The smallest absolute Gasteiger partial charge is 0.460 e. The number of hydrogen-bond donors (Lipinski definition) is 0. The fourth-order valence-corrected chi connectivity index (χ4v) is 7.63. The highest BCUT2D eigenvalue weighted by molar-refractivity contribution is 5.84. The largest absolute Gasteiger partial charge is 0.465 e. The van der Waals surface area contributed by atoms with Crippen molar-refractivity contribution in [1.29, 1.82) is 0 Å². The van der Waals surface area contributed by atoms with Crippen LogP contribution < -0.4 is 0 Å². The molecule has 1 saturated heterocycles. The van der Waals surface area contributed by atoms with E-state index >= 15 is 0 Å². The first kappa shape index (κ1) is 58.4. The van der Waals surface area contributed by atoms with Crippen molar-refractivity contribution < 1.29 is 95.3 Å². The molecule has 22 heteroatoms. The number of Topliss-reactive ketones (excluding diaryl/α,β-unsaturated/α-hetero) is 1. The summed E-state index contributed by atoms with van der Waals surface area (Å²) in [5.74, 6) is -45.7. The lowest BCUT2D eigenvalue weighted by molar-refractivity contribution is -0.440. The Kier molecular flexibility index (Phi) is 20.0. The van der Waals surface area contributed by atoms with Crippen molar-refractivity contribution in [3.8, 4) is 0 Å². The summed E-state index contributed by atoms with van der Waals surface area (Å²) in [7, 11) is 0. The van der Waals surface area contributed by atoms with Crippen LogP contribution in [0.5, 0.6) is 0 Å². The van der Waals surface area contributed by atoms with Crippen LogP contribution in [0, 0.1) is 17.8 Å². The van der Waals surface area contributed by atoms with Crippen molar-refractivity contribution in [3.05, 3.63) is 35.9 Å². The minimum Gasteiger partial charge on any atom is -0.465 e. The molecule has 1 aliphatic rings. The van der Waals surface area contributed by atoms with Gasteiger partial charge in [0.05, 0.1) is 49.2 Å². The summed E-state index contributed by atoms with van der Waals surface area (Å²) in [6, 6.07) is 8.86. The van der Waals surface area contributed by atoms with Gasteiger partial charge in [0.25, 0.3) is 0 Å². The summed E-state index contributed by atoms with van der Waals surface area (Å²) < 4.78 is 196. The molecule has 66 heavy (non-hydrogen) atoms. The van der Waals surface area contributed by atoms with Crippen molar-refractivity contribution in [2.75, 3.05) is 19.8 Å². The van der Waals surface area contributed by atoms with Crippen LogP contribution in [0.25, 0.3) is 0 Å². The van der Waals surface area contributed by atoms with Gasteiger partial charge in [0.1, 0.15) is 5.78 Å². The average Bonchev–Trinajstić information content (AvgIpc) is 3.24. The first-order chi connectivity index (χ1) is 30.2. The van der Waals surface area contributed by atoms with Gasteiger partial charge in [0.15, 0.2) is 6.10 Å². The molecule has 0 N–H and O–H groups in total. The number of alkyl halides is 13. The fraction of sp³-hybridized carbons (Fsp3) is 0.773. The van der Waals surface area contributed by atoms with E-state index in [1.807, 2.05) is 6.92 Å². The Morgan fingerprint density at radius 3 is 1.70 bits per heavy atom. The van der Waals surface area contributed by atoms with Gasteiger partial charge in [-0.1, -0.05) is 78.3 Å². The number of rotatable bonds is 26. The number of hydrogen-bond acceptors (Lipinski definition) is 9. The second-order valence-electron chi connectivity index (χ2n) is 17.3. The van der Waals surface area contributed by atoms with Gasteiger partial charge in [-0.05, 0) is 70.3 Å². The van der Waals surface area contributed by atoms with E-state index in [0.29, 0.717) is 12.8 Å². The first-order valence-corrected chi connectivity index (χ1v) is 21.7.